The minimum atomic E-state index is -5.05. The van der Waals surface area contributed by atoms with Gasteiger partial charge in [-0.15, -0.1) is 0 Å². The Morgan fingerprint density at radius 1 is 1.23 bits per heavy atom. The van der Waals surface area contributed by atoms with Crippen molar-refractivity contribution in [1.29, 1.82) is 5.26 Å². The fourth-order valence-corrected chi connectivity index (χ4v) is 1.45. The van der Waals surface area contributed by atoms with Crippen LogP contribution in [0, 0.1) is 31.6 Å². The van der Waals surface area contributed by atoms with Crippen LogP contribution in [0.15, 0.2) is 12.1 Å². The van der Waals surface area contributed by atoms with Gasteiger partial charge in [0.1, 0.15) is 6.42 Å². The summed E-state index contributed by atoms with van der Waals surface area (Å²) in [7, 11) is 0. The van der Waals surface area contributed by atoms with Gasteiger partial charge in [0, 0.05) is 12.1 Å². The predicted octanol–water partition coefficient (Wildman–Crippen LogP) is 2.37. The lowest BCUT2D eigenvalue weighted by molar-refractivity contribution is -0.392. The second-order valence-electron chi connectivity index (χ2n) is 3.78. The summed E-state index contributed by atoms with van der Waals surface area (Å²) in [6.45, 7) is 0. The fraction of sp³-hybridized carbons (Fsp3) is 0.200. The molecule has 0 saturated heterocycles. The molecule has 9 nitrogen and oxygen atoms in total. The number of nitrogens with zero attached hydrogens (tertiary/aromatic N) is 3. The van der Waals surface area contributed by atoms with Crippen molar-refractivity contribution in [3.05, 3.63) is 37.9 Å². The first-order valence-corrected chi connectivity index (χ1v) is 5.28. The highest BCUT2D eigenvalue weighted by atomic mass is 19.4. The molecule has 0 bridgehead atoms. The number of rotatable bonds is 4. The minimum absolute atomic E-state index is 0.0645. The van der Waals surface area contributed by atoms with Crippen LogP contribution < -0.4 is 5.32 Å². The van der Waals surface area contributed by atoms with Crippen LogP contribution in [-0.2, 0) is 11.0 Å². The first kappa shape index (κ1) is 16.8. The van der Waals surface area contributed by atoms with Gasteiger partial charge in [-0.2, -0.15) is 18.4 Å². The zero-order chi connectivity index (χ0) is 17.1. The highest BCUT2D eigenvalue weighted by Crippen LogP contribution is 2.41. The van der Waals surface area contributed by atoms with Crippen LogP contribution in [-0.4, -0.2) is 15.8 Å². The van der Waals surface area contributed by atoms with Crippen LogP contribution in [0.1, 0.15) is 12.0 Å². The van der Waals surface area contributed by atoms with Crippen molar-refractivity contribution in [3.63, 3.8) is 0 Å². The van der Waals surface area contributed by atoms with Crippen LogP contribution in [0.2, 0.25) is 0 Å². The number of amides is 1. The molecule has 0 aromatic heterocycles. The Bertz CT molecular complexity index is 660. The first-order valence-electron chi connectivity index (χ1n) is 5.28. The number of nitriles is 1. The van der Waals surface area contributed by atoms with E-state index >= 15 is 0 Å². The van der Waals surface area contributed by atoms with E-state index in [0.29, 0.717) is 0 Å². The van der Waals surface area contributed by atoms with Gasteiger partial charge in [-0.05, 0) is 0 Å². The summed E-state index contributed by atoms with van der Waals surface area (Å²) >= 11 is 0. The van der Waals surface area contributed by atoms with Gasteiger partial charge in [0.05, 0.1) is 21.5 Å². The number of hydrogen-bond donors (Lipinski definition) is 1. The number of carbonyl (C=O) groups excluding carboxylic acids is 1. The van der Waals surface area contributed by atoms with E-state index in [1.54, 1.807) is 5.32 Å². The highest BCUT2D eigenvalue weighted by molar-refractivity contribution is 5.97. The van der Waals surface area contributed by atoms with Gasteiger partial charge in [0.25, 0.3) is 0 Å². The van der Waals surface area contributed by atoms with E-state index in [1.807, 2.05) is 0 Å². The van der Waals surface area contributed by atoms with Crippen LogP contribution in [0.3, 0.4) is 0 Å². The third-order valence-corrected chi connectivity index (χ3v) is 2.32. The highest BCUT2D eigenvalue weighted by Gasteiger charge is 2.38. The number of nitrogens with one attached hydrogen (secondary N) is 1. The molecule has 0 heterocycles. The lowest BCUT2D eigenvalue weighted by atomic mass is 10.1. The molecule has 0 aliphatic heterocycles. The molecule has 116 valence electrons. The molecular formula is C10H5F3N4O5. The van der Waals surface area contributed by atoms with E-state index in [2.05, 4.69) is 0 Å². The molecule has 1 aromatic carbocycles. The standard InChI is InChI=1S/C10H5F3N4O5/c11-10(12,13)5-3-6(16(19)20)9(7(4-5)17(21)22)15-8(18)1-2-14/h3-4H,1H2,(H,15,18). The summed E-state index contributed by atoms with van der Waals surface area (Å²) in [5.74, 6) is -1.13. The third kappa shape index (κ3) is 3.66. The van der Waals surface area contributed by atoms with Gasteiger partial charge in [0.2, 0.25) is 5.91 Å². The molecule has 0 aliphatic rings. The average molecular weight is 318 g/mol. The number of nitro benzene ring substituents is 2. The van der Waals surface area contributed by atoms with Gasteiger partial charge in [-0.1, -0.05) is 0 Å². The Morgan fingerprint density at radius 3 is 2.00 bits per heavy atom. The van der Waals surface area contributed by atoms with E-state index in [9.17, 15) is 38.2 Å². The van der Waals surface area contributed by atoms with E-state index in [4.69, 9.17) is 5.26 Å². The zero-order valence-corrected chi connectivity index (χ0v) is 10.4. The van der Waals surface area contributed by atoms with Gasteiger partial charge in [0.15, 0.2) is 5.69 Å². The van der Waals surface area contributed by atoms with Crippen LogP contribution in [0.4, 0.5) is 30.2 Å². The Balaban J connectivity index is 3.58. The maximum Gasteiger partial charge on any atom is 0.416 e. The minimum Gasteiger partial charge on any atom is -0.314 e. The number of carbonyl (C=O) groups is 1. The second kappa shape index (κ2) is 6.04. The Kier molecular flexibility index (Phi) is 4.62. The van der Waals surface area contributed by atoms with E-state index < -0.39 is 51.0 Å². The molecular weight excluding hydrogens is 313 g/mol. The lowest BCUT2D eigenvalue weighted by Crippen LogP contribution is -2.15. The second-order valence-corrected chi connectivity index (χ2v) is 3.78. The maximum atomic E-state index is 12.6. The quantitative estimate of drug-likeness (QED) is 0.667. The molecule has 22 heavy (non-hydrogen) atoms. The summed E-state index contributed by atoms with van der Waals surface area (Å²) in [6.07, 6.45) is -5.83. The molecule has 0 atom stereocenters. The van der Waals surface area contributed by atoms with E-state index in [1.165, 1.54) is 6.07 Å². The maximum absolute atomic E-state index is 12.6. The Hall–Kier alpha value is -3.23. The van der Waals surface area contributed by atoms with Crippen LogP contribution in [0.25, 0.3) is 0 Å². The molecule has 1 N–H and O–H groups in total. The number of benzene rings is 1. The molecule has 1 aromatic rings. The normalized spacial score (nSPS) is 10.6. The average Bonchev–Trinajstić information content (AvgIpc) is 2.36. The predicted molar refractivity (Wildman–Crippen MR) is 63.6 cm³/mol. The number of halogens is 3. The van der Waals surface area contributed by atoms with Gasteiger partial charge >= 0.3 is 17.6 Å². The van der Waals surface area contributed by atoms with Crippen molar-refractivity contribution >= 4 is 23.0 Å². The molecule has 1 rings (SSSR count). The smallest absolute Gasteiger partial charge is 0.314 e. The number of anilines is 1. The van der Waals surface area contributed by atoms with Crippen LogP contribution in [0.5, 0.6) is 0 Å². The van der Waals surface area contributed by atoms with Crippen molar-refractivity contribution in [2.75, 3.05) is 5.32 Å². The topological polar surface area (TPSA) is 139 Å². The van der Waals surface area contributed by atoms with Crippen LogP contribution >= 0.6 is 0 Å². The molecule has 0 fully saturated rings. The van der Waals surface area contributed by atoms with Gasteiger partial charge < -0.3 is 5.32 Å². The largest absolute Gasteiger partial charge is 0.416 e. The summed E-state index contributed by atoms with van der Waals surface area (Å²) < 4.78 is 37.8. The lowest BCUT2D eigenvalue weighted by Gasteiger charge is -2.10. The first-order chi connectivity index (χ1) is 10.1. The van der Waals surface area contributed by atoms with Crippen molar-refractivity contribution < 1.29 is 27.8 Å². The summed E-state index contributed by atoms with van der Waals surface area (Å²) in [5, 5.41) is 31.6. The molecule has 1 amide bonds. The van der Waals surface area contributed by atoms with Crippen molar-refractivity contribution in [2.24, 2.45) is 0 Å². The molecule has 0 saturated carbocycles. The molecule has 0 unspecified atom stereocenters. The molecule has 0 spiro atoms. The van der Waals surface area contributed by atoms with Gasteiger partial charge in [-0.25, -0.2) is 0 Å². The molecule has 0 radical (unpaired) electrons. The molecule has 12 heteroatoms. The zero-order valence-electron chi connectivity index (χ0n) is 10.4. The fourth-order valence-electron chi connectivity index (χ4n) is 1.45. The molecule has 0 aliphatic carbocycles. The Labute approximate surface area is 119 Å². The van der Waals surface area contributed by atoms with Crippen molar-refractivity contribution in [3.8, 4) is 6.07 Å². The van der Waals surface area contributed by atoms with Crippen molar-refractivity contribution in [2.45, 2.75) is 12.6 Å². The monoisotopic (exact) mass is 318 g/mol. The summed E-state index contributed by atoms with van der Waals surface area (Å²) in [5.41, 5.74) is -5.21. The number of nitro groups is 2. The number of hydrogen-bond acceptors (Lipinski definition) is 6. The Morgan fingerprint density at radius 2 is 1.68 bits per heavy atom. The SMILES string of the molecule is N#CCC(=O)Nc1c([N+](=O)[O-])cc(C(F)(F)F)cc1[N+](=O)[O-]. The van der Waals surface area contributed by atoms with Crippen molar-refractivity contribution in [1.82, 2.24) is 0 Å². The summed E-state index contributed by atoms with van der Waals surface area (Å²) in [6, 6.07) is 1.52. The van der Waals surface area contributed by atoms with Gasteiger partial charge in [-0.3, -0.25) is 25.0 Å². The summed E-state index contributed by atoms with van der Waals surface area (Å²) in [4.78, 5) is 30.3. The van der Waals surface area contributed by atoms with E-state index in [-0.39, 0.29) is 12.1 Å². The van der Waals surface area contributed by atoms with E-state index in [0.717, 1.165) is 0 Å². The third-order valence-electron chi connectivity index (χ3n) is 2.32. The number of alkyl halides is 3.